The Hall–Kier alpha value is -2.93. The molecule has 0 spiro atoms. The van der Waals surface area contributed by atoms with Crippen molar-refractivity contribution >= 4 is 17.5 Å². The molecule has 2 atom stereocenters. The summed E-state index contributed by atoms with van der Waals surface area (Å²) >= 11 is 0. The number of ketones is 2. The summed E-state index contributed by atoms with van der Waals surface area (Å²) in [6, 6.07) is 2.24. The molecule has 1 aliphatic carbocycles. The van der Waals surface area contributed by atoms with Gasteiger partial charge in [0.2, 0.25) is 0 Å². The lowest BCUT2D eigenvalue weighted by atomic mass is 9.85. The fourth-order valence-corrected chi connectivity index (χ4v) is 2.79. The van der Waals surface area contributed by atoms with Crippen LogP contribution in [0.3, 0.4) is 0 Å². The Morgan fingerprint density at radius 3 is 2.21 bits per heavy atom. The Labute approximate surface area is 163 Å². The predicted molar refractivity (Wildman–Crippen MR) is 101 cm³/mol. The quantitative estimate of drug-likeness (QED) is 0.389. The summed E-state index contributed by atoms with van der Waals surface area (Å²) in [4.78, 5) is 37.7. The number of ether oxygens (including phenoxy) is 1. The summed E-state index contributed by atoms with van der Waals surface area (Å²) in [5.74, 6) is -3.58. The number of esters is 1. The number of rotatable bonds is 6. The molecule has 0 radical (unpaired) electrons. The number of phenols is 2. The van der Waals surface area contributed by atoms with E-state index in [1.165, 1.54) is 0 Å². The molecule has 150 valence electrons. The number of benzene rings is 1. The van der Waals surface area contributed by atoms with Crippen molar-refractivity contribution in [2.24, 2.45) is 5.92 Å². The zero-order valence-electron chi connectivity index (χ0n) is 16.2. The van der Waals surface area contributed by atoms with Crippen molar-refractivity contribution in [1.82, 2.24) is 0 Å². The van der Waals surface area contributed by atoms with E-state index < -0.39 is 47.2 Å². The highest BCUT2D eigenvalue weighted by molar-refractivity contribution is 6.27. The van der Waals surface area contributed by atoms with Crippen molar-refractivity contribution in [3.8, 4) is 11.5 Å². The van der Waals surface area contributed by atoms with Crippen LogP contribution in [0, 0.1) is 5.92 Å². The van der Waals surface area contributed by atoms with Gasteiger partial charge in [-0.1, -0.05) is 25.5 Å². The lowest BCUT2D eigenvalue weighted by Crippen LogP contribution is -2.35. The number of fused-ring (bicyclic) bond motifs is 1. The third kappa shape index (κ3) is 4.31. The molecular formula is C21H24O7. The van der Waals surface area contributed by atoms with Gasteiger partial charge in [0.25, 0.3) is 0 Å². The Kier molecular flexibility index (Phi) is 6.41. The maximum absolute atomic E-state index is 12.9. The van der Waals surface area contributed by atoms with Gasteiger partial charge in [-0.25, -0.2) is 4.79 Å². The molecule has 2 rings (SSSR count). The standard InChI is InChI=1S/C21H24O7/c1-10(2)5-8-16(28-21(27)19(25)11(3)4)12-9-15(24)17-13(22)6-7-14(23)18(17)20(12)26/h5-7,9,11,16,19,22-23,25H,8H2,1-4H3/t16-,19?/m1/s1. The Morgan fingerprint density at radius 1 is 1.11 bits per heavy atom. The normalized spacial score (nSPS) is 15.6. The molecule has 1 aliphatic rings. The van der Waals surface area contributed by atoms with Gasteiger partial charge in [-0.05, 0) is 38.0 Å². The molecule has 0 bridgehead atoms. The van der Waals surface area contributed by atoms with E-state index in [1.54, 1.807) is 19.9 Å². The zero-order chi connectivity index (χ0) is 21.2. The first kappa shape index (κ1) is 21.4. The highest BCUT2D eigenvalue weighted by atomic mass is 16.6. The van der Waals surface area contributed by atoms with Crippen molar-refractivity contribution < 1.29 is 34.4 Å². The molecule has 1 aromatic rings. The van der Waals surface area contributed by atoms with E-state index in [2.05, 4.69) is 0 Å². The number of carbonyl (C=O) groups excluding carboxylic acids is 3. The molecule has 0 heterocycles. The first-order chi connectivity index (χ1) is 13.0. The summed E-state index contributed by atoms with van der Waals surface area (Å²) < 4.78 is 5.35. The van der Waals surface area contributed by atoms with Crippen molar-refractivity contribution in [2.45, 2.75) is 46.3 Å². The number of allylic oxidation sites excluding steroid dienone is 2. The molecule has 0 saturated carbocycles. The van der Waals surface area contributed by atoms with Crippen LogP contribution in [-0.2, 0) is 9.53 Å². The summed E-state index contributed by atoms with van der Waals surface area (Å²) in [6.45, 7) is 6.93. The molecule has 0 aromatic heterocycles. The fraction of sp³-hybridized carbons (Fsp3) is 0.381. The highest BCUT2D eigenvalue weighted by Crippen LogP contribution is 2.36. The van der Waals surface area contributed by atoms with Gasteiger partial charge in [-0.3, -0.25) is 9.59 Å². The van der Waals surface area contributed by atoms with Crippen molar-refractivity contribution in [1.29, 1.82) is 0 Å². The highest BCUT2D eigenvalue weighted by Gasteiger charge is 2.36. The van der Waals surface area contributed by atoms with E-state index in [0.29, 0.717) is 0 Å². The van der Waals surface area contributed by atoms with Crippen LogP contribution in [0.4, 0.5) is 0 Å². The van der Waals surface area contributed by atoms with Gasteiger partial charge >= 0.3 is 5.97 Å². The fourth-order valence-electron chi connectivity index (χ4n) is 2.79. The van der Waals surface area contributed by atoms with Crippen LogP contribution >= 0.6 is 0 Å². The average molecular weight is 388 g/mol. The van der Waals surface area contributed by atoms with Crippen molar-refractivity contribution in [2.75, 3.05) is 0 Å². The minimum Gasteiger partial charge on any atom is -0.507 e. The number of aromatic hydroxyl groups is 2. The maximum atomic E-state index is 12.9. The molecule has 0 fully saturated rings. The summed E-state index contributed by atoms with van der Waals surface area (Å²) in [5, 5.41) is 29.9. The van der Waals surface area contributed by atoms with Gasteiger partial charge in [0.15, 0.2) is 17.7 Å². The van der Waals surface area contributed by atoms with Gasteiger partial charge in [0.05, 0.1) is 11.1 Å². The summed E-state index contributed by atoms with van der Waals surface area (Å²) in [5.41, 5.74) is 0.162. The molecular weight excluding hydrogens is 364 g/mol. The second-order valence-electron chi connectivity index (χ2n) is 7.28. The second kappa shape index (κ2) is 8.39. The molecule has 1 unspecified atom stereocenters. The smallest absolute Gasteiger partial charge is 0.335 e. The number of phenolic OH excluding ortho intramolecular Hbond substituents is 2. The first-order valence-corrected chi connectivity index (χ1v) is 8.92. The van der Waals surface area contributed by atoms with Gasteiger partial charge in [-0.15, -0.1) is 0 Å². The van der Waals surface area contributed by atoms with Crippen LogP contribution in [0.1, 0.15) is 54.8 Å². The molecule has 28 heavy (non-hydrogen) atoms. The largest absolute Gasteiger partial charge is 0.507 e. The van der Waals surface area contributed by atoms with E-state index >= 15 is 0 Å². The van der Waals surface area contributed by atoms with Crippen molar-refractivity contribution in [3.63, 3.8) is 0 Å². The van der Waals surface area contributed by atoms with Crippen LogP contribution in [0.15, 0.2) is 35.4 Å². The Morgan fingerprint density at radius 2 is 1.68 bits per heavy atom. The van der Waals surface area contributed by atoms with E-state index in [4.69, 9.17) is 4.74 Å². The van der Waals surface area contributed by atoms with Crippen LogP contribution in [0.5, 0.6) is 11.5 Å². The van der Waals surface area contributed by atoms with E-state index in [1.807, 2.05) is 13.8 Å². The topological polar surface area (TPSA) is 121 Å². The van der Waals surface area contributed by atoms with Gasteiger partial charge < -0.3 is 20.1 Å². The first-order valence-electron chi connectivity index (χ1n) is 8.92. The molecule has 0 aliphatic heterocycles. The van der Waals surface area contributed by atoms with Gasteiger partial charge in [0, 0.05) is 12.0 Å². The summed E-state index contributed by atoms with van der Waals surface area (Å²) in [6.07, 6.45) is 0.341. The van der Waals surface area contributed by atoms with Crippen LogP contribution in [0.25, 0.3) is 0 Å². The van der Waals surface area contributed by atoms with Gasteiger partial charge in [0.1, 0.15) is 17.6 Å². The molecule has 7 nitrogen and oxygen atoms in total. The Balaban J connectivity index is 2.47. The number of carbonyl (C=O) groups is 3. The number of aliphatic hydroxyl groups is 1. The van der Waals surface area contributed by atoms with Gasteiger partial charge in [-0.2, -0.15) is 0 Å². The minimum atomic E-state index is -1.38. The Bertz CT molecular complexity index is 873. The zero-order valence-corrected chi connectivity index (χ0v) is 16.2. The molecule has 0 amide bonds. The number of Topliss-reactive ketones (excluding diaryl/α,β-unsaturated/α-hetero) is 1. The monoisotopic (exact) mass is 388 g/mol. The van der Waals surface area contributed by atoms with E-state index in [-0.39, 0.29) is 23.1 Å². The SMILES string of the molecule is CC(C)=CC[C@@H](OC(=O)C(O)C(C)C)C1=CC(=O)c2c(O)ccc(O)c2C1=O. The van der Waals surface area contributed by atoms with E-state index in [9.17, 15) is 29.7 Å². The van der Waals surface area contributed by atoms with Crippen molar-refractivity contribution in [3.05, 3.63) is 46.6 Å². The molecule has 1 aromatic carbocycles. The molecule has 0 saturated heterocycles. The minimum absolute atomic E-state index is 0.110. The maximum Gasteiger partial charge on any atom is 0.335 e. The number of aliphatic hydroxyl groups excluding tert-OH is 1. The average Bonchev–Trinajstić information content (AvgIpc) is 2.62. The third-order valence-corrected chi connectivity index (χ3v) is 4.40. The summed E-state index contributed by atoms with van der Waals surface area (Å²) in [7, 11) is 0. The number of hydrogen-bond acceptors (Lipinski definition) is 7. The number of hydrogen-bond donors (Lipinski definition) is 3. The lowest BCUT2D eigenvalue weighted by Gasteiger charge is -2.25. The van der Waals surface area contributed by atoms with Crippen LogP contribution in [0.2, 0.25) is 0 Å². The predicted octanol–water partition coefficient (Wildman–Crippen LogP) is 2.69. The van der Waals surface area contributed by atoms with Crippen LogP contribution in [-0.4, -0.2) is 45.1 Å². The van der Waals surface area contributed by atoms with Crippen LogP contribution < -0.4 is 0 Å². The molecule has 3 N–H and O–H groups in total. The van der Waals surface area contributed by atoms with E-state index in [0.717, 1.165) is 23.8 Å². The third-order valence-electron chi connectivity index (χ3n) is 4.40. The lowest BCUT2D eigenvalue weighted by molar-refractivity contribution is -0.159. The second-order valence-corrected chi connectivity index (χ2v) is 7.28. The molecule has 7 heteroatoms.